The maximum Gasteiger partial charge on any atom is 0.251 e. The Morgan fingerprint density at radius 3 is 2.21 bits per heavy atom. The van der Waals surface area contributed by atoms with Crippen LogP contribution in [0.1, 0.15) is 15.9 Å². The van der Waals surface area contributed by atoms with E-state index in [1.807, 2.05) is 23.1 Å². The molecule has 10 heteroatoms. The average Bonchev–Trinajstić information content (AvgIpc) is 2.82. The van der Waals surface area contributed by atoms with Gasteiger partial charge in [0.25, 0.3) is 5.91 Å². The first-order valence-electron chi connectivity index (χ1n) is 10.6. The van der Waals surface area contributed by atoms with E-state index in [9.17, 15) is 17.6 Å². The van der Waals surface area contributed by atoms with E-state index >= 15 is 0 Å². The molecule has 0 spiro atoms. The fourth-order valence-corrected chi connectivity index (χ4v) is 6.64. The van der Waals surface area contributed by atoms with Crippen LogP contribution in [0.2, 0.25) is 0 Å². The van der Waals surface area contributed by atoms with Crippen LogP contribution in [0.5, 0.6) is 0 Å². The summed E-state index contributed by atoms with van der Waals surface area (Å²) in [5, 5.41) is 2.83. The minimum atomic E-state index is -3.75. The highest BCUT2D eigenvalue weighted by Gasteiger charge is 2.29. The van der Waals surface area contributed by atoms with E-state index in [4.69, 9.17) is 0 Å². The van der Waals surface area contributed by atoms with E-state index in [0.717, 1.165) is 20.2 Å². The smallest absolute Gasteiger partial charge is 0.251 e. The molecular weight excluding hydrogens is 589 g/mol. The molecule has 34 heavy (non-hydrogen) atoms. The number of rotatable bonds is 6. The molecule has 1 saturated heterocycles. The van der Waals surface area contributed by atoms with Crippen LogP contribution in [-0.2, 0) is 16.6 Å². The van der Waals surface area contributed by atoms with Gasteiger partial charge in [0.1, 0.15) is 5.82 Å². The minimum Gasteiger partial charge on any atom is -0.369 e. The van der Waals surface area contributed by atoms with Crippen molar-refractivity contribution in [1.29, 1.82) is 0 Å². The van der Waals surface area contributed by atoms with Crippen molar-refractivity contribution < 1.29 is 17.6 Å². The summed E-state index contributed by atoms with van der Waals surface area (Å²) < 4.78 is 42.8. The fraction of sp³-hybridized carbons (Fsp3) is 0.208. The van der Waals surface area contributed by atoms with Crippen molar-refractivity contribution in [3.8, 4) is 0 Å². The fourth-order valence-electron chi connectivity index (χ4n) is 3.78. The summed E-state index contributed by atoms with van der Waals surface area (Å²) in [7, 11) is -3.75. The molecule has 0 aromatic heterocycles. The van der Waals surface area contributed by atoms with Crippen molar-refractivity contribution in [3.05, 3.63) is 92.6 Å². The Morgan fingerprint density at radius 1 is 0.912 bits per heavy atom. The number of piperazine rings is 1. The molecule has 1 N–H and O–H groups in total. The quantitative estimate of drug-likeness (QED) is 0.436. The molecule has 1 aliphatic heterocycles. The summed E-state index contributed by atoms with van der Waals surface area (Å²) >= 11 is 6.84. The third-order valence-electron chi connectivity index (χ3n) is 5.54. The number of sulfonamides is 1. The molecule has 1 aliphatic rings. The third-order valence-corrected chi connectivity index (χ3v) is 8.35. The molecule has 0 bridgehead atoms. The van der Waals surface area contributed by atoms with Crippen LogP contribution < -0.4 is 10.2 Å². The first-order valence-corrected chi connectivity index (χ1v) is 13.6. The van der Waals surface area contributed by atoms with Crippen LogP contribution in [0.3, 0.4) is 0 Å². The number of hydrogen-bond acceptors (Lipinski definition) is 4. The van der Waals surface area contributed by atoms with E-state index in [0.29, 0.717) is 32.7 Å². The molecule has 0 unspecified atom stereocenters. The lowest BCUT2D eigenvalue weighted by Crippen LogP contribution is -2.48. The Kier molecular flexibility index (Phi) is 7.71. The normalized spacial score (nSPS) is 14.7. The molecule has 178 valence electrons. The number of nitrogens with one attached hydrogen (secondary N) is 1. The van der Waals surface area contributed by atoms with Gasteiger partial charge < -0.3 is 10.2 Å². The lowest BCUT2D eigenvalue weighted by atomic mass is 10.2. The molecule has 0 aliphatic carbocycles. The van der Waals surface area contributed by atoms with Gasteiger partial charge >= 0.3 is 0 Å². The van der Waals surface area contributed by atoms with Gasteiger partial charge in [-0.2, -0.15) is 4.31 Å². The topological polar surface area (TPSA) is 69.7 Å². The SMILES string of the molecule is O=C(NCc1cc(Br)cc(Br)c1)c1cccc(S(=O)(=O)N2CCN(c3ccc(F)cc3)CC2)c1. The van der Waals surface area contributed by atoms with Crippen molar-refractivity contribution in [2.24, 2.45) is 0 Å². The van der Waals surface area contributed by atoms with Crippen LogP contribution in [0, 0.1) is 5.82 Å². The summed E-state index contributed by atoms with van der Waals surface area (Å²) in [6, 6.07) is 18.0. The molecule has 3 aromatic rings. The molecule has 6 nitrogen and oxygen atoms in total. The summed E-state index contributed by atoms with van der Waals surface area (Å²) in [5.74, 6) is -0.660. The van der Waals surface area contributed by atoms with Crippen molar-refractivity contribution in [2.45, 2.75) is 11.4 Å². The number of hydrogen-bond donors (Lipinski definition) is 1. The van der Waals surface area contributed by atoms with E-state index < -0.39 is 10.0 Å². The number of benzene rings is 3. The van der Waals surface area contributed by atoms with Crippen molar-refractivity contribution in [3.63, 3.8) is 0 Å². The zero-order valence-corrected chi connectivity index (χ0v) is 22.0. The maximum atomic E-state index is 13.2. The van der Waals surface area contributed by atoms with Gasteiger partial charge in [-0.1, -0.05) is 37.9 Å². The Bertz CT molecular complexity index is 1270. The number of amides is 1. The number of halogens is 3. The van der Waals surface area contributed by atoms with E-state index in [2.05, 4.69) is 37.2 Å². The monoisotopic (exact) mass is 609 g/mol. The largest absolute Gasteiger partial charge is 0.369 e. The van der Waals surface area contributed by atoms with Gasteiger partial charge in [-0.3, -0.25) is 4.79 Å². The minimum absolute atomic E-state index is 0.0839. The predicted molar refractivity (Wildman–Crippen MR) is 137 cm³/mol. The molecule has 1 fully saturated rings. The zero-order chi connectivity index (χ0) is 24.3. The molecular formula is C24H22Br2FN3O3S. The Labute approximate surface area is 215 Å². The highest BCUT2D eigenvalue weighted by atomic mass is 79.9. The van der Waals surface area contributed by atoms with Gasteiger partial charge in [-0.05, 0) is 66.2 Å². The van der Waals surface area contributed by atoms with E-state index in [1.165, 1.54) is 28.6 Å². The lowest BCUT2D eigenvalue weighted by Gasteiger charge is -2.35. The second kappa shape index (κ2) is 10.6. The molecule has 0 atom stereocenters. The van der Waals surface area contributed by atoms with Crippen molar-refractivity contribution in [1.82, 2.24) is 9.62 Å². The Morgan fingerprint density at radius 2 is 1.56 bits per heavy atom. The van der Waals surface area contributed by atoms with Gasteiger partial charge in [-0.15, -0.1) is 0 Å². The van der Waals surface area contributed by atoms with E-state index in [1.54, 1.807) is 24.3 Å². The molecule has 4 rings (SSSR count). The number of carbonyl (C=O) groups is 1. The van der Waals surface area contributed by atoms with Crippen LogP contribution >= 0.6 is 31.9 Å². The van der Waals surface area contributed by atoms with Gasteiger partial charge in [0.05, 0.1) is 4.90 Å². The molecule has 1 amide bonds. The van der Waals surface area contributed by atoms with E-state index in [-0.39, 0.29) is 22.2 Å². The Balaban J connectivity index is 1.42. The standard InChI is InChI=1S/C24H22Br2FN3O3S/c25-19-12-17(13-20(26)15-19)16-28-24(31)18-2-1-3-23(14-18)34(32,33)30-10-8-29(9-11-30)22-6-4-21(27)5-7-22/h1-7,12-15H,8-11,16H2,(H,28,31). The second-order valence-electron chi connectivity index (χ2n) is 7.86. The first-order chi connectivity index (χ1) is 16.2. The van der Waals surface area contributed by atoms with Crippen LogP contribution in [-0.4, -0.2) is 44.8 Å². The maximum absolute atomic E-state index is 13.2. The predicted octanol–water partition coefficient (Wildman–Crippen LogP) is 4.79. The van der Waals surface area contributed by atoms with Crippen LogP contribution in [0.4, 0.5) is 10.1 Å². The third kappa shape index (κ3) is 5.86. The van der Waals surface area contributed by atoms with Gasteiger partial charge in [0.15, 0.2) is 0 Å². The van der Waals surface area contributed by atoms with Gasteiger partial charge in [-0.25, -0.2) is 12.8 Å². The highest BCUT2D eigenvalue weighted by Crippen LogP contribution is 2.23. The highest BCUT2D eigenvalue weighted by molar-refractivity contribution is 9.11. The molecule has 0 radical (unpaired) electrons. The zero-order valence-electron chi connectivity index (χ0n) is 18.0. The van der Waals surface area contributed by atoms with Crippen LogP contribution in [0.15, 0.2) is 80.6 Å². The van der Waals surface area contributed by atoms with Crippen LogP contribution in [0.25, 0.3) is 0 Å². The van der Waals surface area contributed by atoms with Crippen molar-refractivity contribution in [2.75, 3.05) is 31.1 Å². The average molecular weight is 611 g/mol. The summed E-state index contributed by atoms with van der Waals surface area (Å²) in [6.45, 7) is 1.89. The second-order valence-corrected chi connectivity index (χ2v) is 11.6. The van der Waals surface area contributed by atoms with Gasteiger partial charge in [0.2, 0.25) is 10.0 Å². The molecule has 3 aromatic carbocycles. The summed E-state index contributed by atoms with van der Waals surface area (Å²) in [6.07, 6.45) is 0. The van der Waals surface area contributed by atoms with Gasteiger partial charge in [0, 0.05) is 52.9 Å². The molecule has 1 heterocycles. The lowest BCUT2D eigenvalue weighted by molar-refractivity contribution is 0.0950. The number of carbonyl (C=O) groups excluding carboxylic acids is 1. The summed E-state index contributed by atoms with van der Waals surface area (Å²) in [4.78, 5) is 14.8. The van der Waals surface area contributed by atoms with Crippen molar-refractivity contribution >= 4 is 53.5 Å². The first kappa shape index (κ1) is 24.8. The molecule has 0 saturated carbocycles. The number of nitrogens with zero attached hydrogens (tertiary/aromatic N) is 2. The number of anilines is 1. The summed E-state index contributed by atoms with van der Waals surface area (Å²) in [5.41, 5.74) is 2.03. The Hall–Kier alpha value is -2.27.